The number of hydrogen-bond donors (Lipinski definition) is 0. The Kier molecular flexibility index (Phi) is 13.5. The molecule has 0 spiro atoms. The van der Waals surface area contributed by atoms with Gasteiger partial charge in [-0.3, -0.25) is 0 Å². The van der Waals surface area contributed by atoms with Gasteiger partial charge in [-0.2, -0.15) is 0 Å². The maximum atomic E-state index is 2.69. The topological polar surface area (TPSA) is 0 Å². The molecule has 6 rings (SSSR count). The average molecular weight is 811 g/mol. The summed E-state index contributed by atoms with van der Waals surface area (Å²) in [5, 5.41) is 0. The van der Waals surface area contributed by atoms with Gasteiger partial charge >= 0.3 is 314 Å². The first-order valence-electron chi connectivity index (χ1n) is 19.1. The van der Waals surface area contributed by atoms with Crippen LogP contribution < -0.4 is 24.8 Å². The van der Waals surface area contributed by atoms with E-state index < -0.39 is 21.3 Å². The summed E-state index contributed by atoms with van der Waals surface area (Å²) in [5.74, 6) is 1.32. The minimum atomic E-state index is -2.54. The molecule has 0 atom stereocenters. The maximum absolute atomic E-state index is 2.69. The van der Waals surface area contributed by atoms with Gasteiger partial charge in [-0.15, -0.1) is 0 Å². The zero-order chi connectivity index (χ0) is 36.1. The third-order valence-corrected chi connectivity index (χ3v) is 19.3. The van der Waals surface area contributed by atoms with Gasteiger partial charge in [0.15, 0.2) is 0 Å². The Labute approximate surface area is 336 Å². The maximum Gasteiger partial charge on any atom is -1.00 e. The fraction of sp³-hybridized carbons (Fsp3) is 0.408. The van der Waals surface area contributed by atoms with Crippen molar-refractivity contribution in [2.75, 3.05) is 0 Å². The molecule has 3 heteroatoms. The molecule has 4 aromatic carbocycles. The van der Waals surface area contributed by atoms with Gasteiger partial charge in [-0.1, -0.05) is 0 Å². The van der Waals surface area contributed by atoms with Crippen molar-refractivity contribution in [3.05, 3.63) is 128 Å². The number of fused-ring (bicyclic) bond motifs is 3. The molecule has 0 saturated heterocycles. The van der Waals surface area contributed by atoms with Crippen LogP contribution in [0.1, 0.15) is 126 Å². The van der Waals surface area contributed by atoms with Crippen molar-refractivity contribution in [1.82, 2.24) is 0 Å². The Morgan fingerprint density at radius 2 is 1.04 bits per heavy atom. The molecule has 2 aliphatic rings. The van der Waals surface area contributed by atoms with Crippen LogP contribution >= 0.6 is 0 Å². The number of halogens is 2. The SMILES string of the molecule is Cc1ccccc1-c1cc2c(cc1C(C)(C)C)-c1cc(C(C)(C)C)c(-c3ccccc3C)cc1[CH]2[Zr+2]([C]1=CC=CC1)=[C](CC(C)C)CC(C)C.[Cl-].[Cl-]. The van der Waals surface area contributed by atoms with E-state index in [-0.39, 0.29) is 35.6 Å². The zero-order valence-electron chi connectivity index (χ0n) is 33.8. The monoisotopic (exact) mass is 808 g/mol. The first kappa shape index (κ1) is 42.4. The fourth-order valence-corrected chi connectivity index (χ4v) is 19.0. The smallest absolute Gasteiger partial charge is 1.00 e. The molecule has 0 unspecified atom stereocenters. The summed E-state index contributed by atoms with van der Waals surface area (Å²) in [7, 11) is 0. The molecule has 0 heterocycles. The molecule has 0 fully saturated rings. The Balaban J connectivity index is 0.00000302. The second-order valence-electron chi connectivity index (χ2n) is 18.1. The molecule has 0 amide bonds. The standard InChI is InChI=1S/C35H37.C9H18.C5H5.2ClH.Zr/c1-22-13-9-11-15-26(22)30-18-24-17-25-19-31(27-16-12-10-14-23(27)2)33(35(6,7)8)21-29(25)28(24)20-32(30)34(3,4)5;1-8(2)6-5-7-9(3)4;1-2-4-5-3-1;;;/h9-21H,1-8H3;8-9H,6-7H2,1-4H3;1-3H,4H2;2*1H;/q;;;;;+2/p-2. The minimum absolute atomic E-state index is 0. The summed E-state index contributed by atoms with van der Waals surface area (Å²) >= 11 is -2.54. The van der Waals surface area contributed by atoms with Crippen molar-refractivity contribution >= 4 is 3.21 Å². The molecule has 0 aromatic heterocycles. The van der Waals surface area contributed by atoms with E-state index in [2.05, 4.69) is 174 Å². The van der Waals surface area contributed by atoms with Crippen LogP contribution in [0.3, 0.4) is 0 Å². The molecule has 0 N–H and O–H groups in total. The van der Waals surface area contributed by atoms with E-state index in [4.69, 9.17) is 0 Å². The van der Waals surface area contributed by atoms with Gasteiger partial charge < -0.3 is 24.8 Å². The van der Waals surface area contributed by atoms with Crippen molar-refractivity contribution in [3.63, 3.8) is 0 Å². The molecule has 52 heavy (non-hydrogen) atoms. The second-order valence-corrected chi connectivity index (χ2v) is 24.8. The zero-order valence-corrected chi connectivity index (χ0v) is 37.7. The molecule has 0 aliphatic heterocycles. The van der Waals surface area contributed by atoms with Gasteiger partial charge in [0.05, 0.1) is 0 Å². The summed E-state index contributed by atoms with van der Waals surface area (Å²) in [6, 6.07) is 28.8. The Morgan fingerprint density at radius 3 is 1.38 bits per heavy atom. The summed E-state index contributed by atoms with van der Waals surface area (Å²) in [6.45, 7) is 28.8. The van der Waals surface area contributed by atoms with Gasteiger partial charge in [-0.05, 0) is 0 Å². The third-order valence-electron chi connectivity index (χ3n) is 10.9. The van der Waals surface area contributed by atoms with E-state index in [0.29, 0.717) is 15.5 Å². The second kappa shape index (κ2) is 16.6. The van der Waals surface area contributed by atoms with Crippen molar-refractivity contribution in [1.29, 1.82) is 0 Å². The van der Waals surface area contributed by atoms with Crippen molar-refractivity contribution in [2.45, 2.75) is 117 Å². The van der Waals surface area contributed by atoms with Crippen LogP contribution in [0, 0.1) is 25.7 Å². The van der Waals surface area contributed by atoms with Gasteiger partial charge in [0.2, 0.25) is 0 Å². The molecule has 0 nitrogen and oxygen atoms in total. The van der Waals surface area contributed by atoms with Gasteiger partial charge in [0.1, 0.15) is 0 Å². The quantitative estimate of drug-likeness (QED) is 0.169. The number of aryl methyl sites for hydroxylation is 2. The molecule has 274 valence electrons. The number of benzene rings is 4. The van der Waals surface area contributed by atoms with Gasteiger partial charge in [0.25, 0.3) is 0 Å². The Hall–Kier alpha value is -2.31. The molecule has 0 radical (unpaired) electrons. The van der Waals surface area contributed by atoms with E-state index in [1.54, 1.807) is 14.4 Å². The molecular formula is C49H60Cl2Zr. The average Bonchev–Trinajstić information content (AvgIpc) is 3.66. The largest absolute Gasteiger partial charge is 1.00 e. The van der Waals surface area contributed by atoms with Crippen LogP contribution in [0.5, 0.6) is 0 Å². The van der Waals surface area contributed by atoms with Crippen molar-refractivity contribution in [3.8, 4) is 33.4 Å². The van der Waals surface area contributed by atoms with E-state index >= 15 is 0 Å². The predicted molar refractivity (Wildman–Crippen MR) is 217 cm³/mol. The Morgan fingerprint density at radius 1 is 0.615 bits per heavy atom. The molecular weight excluding hydrogens is 751 g/mol. The number of allylic oxidation sites excluding steroid dienone is 4. The summed E-state index contributed by atoms with van der Waals surface area (Å²) in [5.41, 5.74) is 17.4. The van der Waals surface area contributed by atoms with E-state index in [1.807, 2.05) is 3.21 Å². The normalized spacial score (nSPS) is 13.7. The molecule has 0 bridgehead atoms. The van der Waals surface area contributed by atoms with E-state index in [0.717, 1.165) is 6.42 Å². The van der Waals surface area contributed by atoms with Crippen LogP contribution in [0.15, 0.2) is 94.3 Å². The summed E-state index contributed by atoms with van der Waals surface area (Å²) in [4.78, 5) is 0. The third kappa shape index (κ3) is 8.49. The van der Waals surface area contributed by atoms with Crippen LogP contribution in [0.4, 0.5) is 0 Å². The summed E-state index contributed by atoms with van der Waals surface area (Å²) in [6.07, 6.45) is 11.0. The number of hydrogen-bond acceptors (Lipinski definition) is 0. The van der Waals surface area contributed by atoms with Crippen LogP contribution in [0.25, 0.3) is 33.4 Å². The molecule has 0 saturated carbocycles. The van der Waals surface area contributed by atoms with Crippen LogP contribution in [-0.4, -0.2) is 3.21 Å². The van der Waals surface area contributed by atoms with Crippen molar-refractivity contribution in [2.24, 2.45) is 11.8 Å². The van der Waals surface area contributed by atoms with Crippen LogP contribution in [0.2, 0.25) is 0 Å². The van der Waals surface area contributed by atoms with E-state index in [9.17, 15) is 0 Å². The molecule has 4 aromatic rings. The van der Waals surface area contributed by atoms with Gasteiger partial charge in [0, 0.05) is 0 Å². The number of rotatable bonds is 8. The van der Waals surface area contributed by atoms with E-state index in [1.165, 1.54) is 68.5 Å². The summed E-state index contributed by atoms with van der Waals surface area (Å²) < 4.78 is 4.16. The predicted octanol–water partition coefficient (Wildman–Crippen LogP) is 8.04. The minimum Gasteiger partial charge on any atom is -1.00 e. The first-order chi connectivity index (χ1) is 23.6. The van der Waals surface area contributed by atoms with Gasteiger partial charge in [-0.25, -0.2) is 0 Å². The Bertz CT molecular complexity index is 1900. The molecule has 2 aliphatic carbocycles. The first-order valence-corrected chi connectivity index (χ1v) is 23.0. The van der Waals surface area contributed by atoms with Crippen LogP contribution in [-0.2, 0) is 32.1 Å². The fourth-order valence-electron chi connectivity index (χ4n) is 8.64. The van der Waals surface area contributed by atoms with Crippen molar-refractivity contribution < 1.29 is 46.1 Å².